The average molecular weight is 267 g/mol. The Balaban J connectivity index is 2.24. The summed E-state index contributed by atoms with van der Waals surface area (Å²) in [4.78, 5) is 21.9. The lowest BCUT2D eigenvalue weighted by atomic mass is 10.0. The van der Waals surface area contributed by atoms with Crippen LogP contribution in [0.5, 0.6) is 0 Å². The highest BCUT2D eigenvalue weighted by Gasteiger charge is 2.29. The predicted molar refractivity (Wildman–Crippen MR) is 67.5 cm³/mol. The van der Waals surface area contributed by atoms with Crippen LogP contribution in [-0.2, 0) is 16.1 Å². The van der Waals surface area contributed by atoms with Crippen molar-refractivity contribution in [1.82, 2.24) is 5.32 Å². The first-order valence-electron chi connectivity index (χ1n) is 5.82. The maximum atomic E-state index is 11.3. The summed E-state index contributed by atoms with van der Waals surface area (Å²) in [5.74, 6) is -1.33. The van der Waals surface area contributed by atoms with E-state index in [1.54, 1.807) is 0 Å². The van der Waals surface area contributed by atoms with Crippen LogP contribution in [0.1, 0.15) is 18.9 Å². The van der Waals surface area contributed by atoms with Gasteiger partial charge in [-0.05, 0) is 12.5 Å². The molecule has 1 aromatic carbocycles. The van der Waals surface area contributed by atoms with E-state index in [2.05, 4.69) is 5.32 Å². The van der Waals surface area contributed by atoms with Crippen LogP contribution in [0.2, 0.25) is 0 Å². The molecule has 0 saturated heterocycles. The van der Waals surface area contributed by atoms with Crippen molar-refractivity contribution in [2.75, 3.05) is 6.54 Å². The summed E-state index contributed by atoms with van der Waals surface area (Å²) in [5.41, 5.74) is -0.998. The van der Waals surface area contributed by atoms with Crippen LogP contribution in [0, 0.1) is 0 Å². The number of ether oxygens (including phenoxy) is 1. The molecule has 104 valence electrons. The number of carboxylic acids is 1. The Hall–Kier alpha value is -2.08. The molecular weight excluding hydrogens is 250 g/mol. The number of carbonyl (C=O) groups excluding carboxylic acids is 1. The predicted octanol–water partition coefficient (Wildman–Crippen LogP) is 1.14. The molecule has 0 aliphatic rings. The molecule has 19 heavy (non-hydrogen) atoms. The number of aliphatic hydroxyl groups is 1. The number of rotatable bonds is 6. The van der Waals surface area contributed by atoms with Crippen LogP contribution in [0.4, 0.5) is 4.79 Å². The molecule has 0 bridgehead atoms. The fraction of sp³-hybridized carbons (Fsp3) is 0.385. The zero-order valence-corrected chi connectivity index (χ0v) is 10.6. The molecule has 0 spiro atoms. The Labute approximate surface area is 111 Å². The minimum absolute atomic E-state index is 0.0208. The van der Waals surface area contributed by atoms with Crippen molar-refractivity contribution in [2.24, 2.45) is 0 Å². The first kappa shape index (κ1) is 15.0. The van der Waals surface area contributed by atoms with Gasteiger partial charge in [0.1, 0.15) is 6.61 Å². The van der Waals surface area contributed by atoms with Gasteiger partial charge in [-0.15, -0.1) is 0 Å². The topological polar surface area (TPSA) is 95.9 Å². The molecule has 0 aromatic heterocycles. The highest BCUT2D eigenvalue weighted by atomic mass is 16.5. The van der Waals surface area contributed by atoms with E-state index < -0.39 is 17.7 Å². The lowest BCUT2D eigenvalue weighted by molar-refractivity contribution is -0.157. The molecule has 1 unspecified atom stereocenters. The van der Waals surface area contributed by atoms with Crippen LogP contribution >= 0.6 is 0 Å². The number of carbonyl (C=O) groups is 2. The minimum Gasteiger partial charge on any atom is -0.479 e. The maximum Gasteiger partial charge on any atom is 0.407 e. The van der Waals surface area contributed by atoms with Gasteiger partial charge in [-0.1, -0.05) is 30.3 Å². The van der Waals surface area contributed by atoms with Gasteiger partial charge in [0.25, 0.3) is 0 Å². The number of carboxylic acid groups (broad SMARTS) is 1. The van der Waals surface area contributed by atoms with Crippen molar-refractivity contribution < 1.29 is 24.5 Å². The van der Waals surface area contributed by atoms with Crippen LogP contribution in [0.15, 0.2) is 30.3 Å². The van der Waals surface area contributed by atoms with Gasteiger partial charge in [0.2, 0.25) is 0 Å². The molecule has 1 atom stereocenters. The first-order chi connectivity index (χ1) is 8.92. The van der Waals surface area contributed by atoms with E-state index in [-0.39, 0.29) is 19.6 Å². The van der Waals surface area contributed by atoms with Gasteiger partial charge < -0.3 is 20.3 Å². The van der Waals surface area contributed by atoms with Gasteiger partial charge in [0, 0.05) is 13.0 Å². The van der Waals surface area contributed by atoms with E-state index in [0.29, 0.717) is 0 Å². The molecule has 0 saturated carbocycles. The summed E-state index contributed by atoms with van der Waals surface area (Å²) in [6, 6.07) is 9.17. The molecule has 0 radical (unpaired) electrons. The number of amides is 1. The van der Waals surface area contributed by atoms with Gasteiger partial charge in [-0.25, -0.2) is 9.59 Å². The van der Waals surface area contributed by atoms with Crippen molar-refractivity contribution >= 4 is 12.1 Å². The van der Waals surface area contributed by atoms with Crippen molar-refractivity contribution in [3.63, 3.8) is 0 Å². The van der Waals surface area contributed by atoms with E-state index >= 15 is 0 Å². The second kappa shape index (κ2) is 6.75. The van der Waals surface area contributed by atoms with Gasteiger partial charge >= 0.3 is 12.1 Å². The van der Waals surface area contributed by atoms with Gasteiger partial charge in [-0.2, -0.15) is 0 Å². The number of nitrogens with one attached hydrogen (secondary N) is 1. The Bertz CT molecular complexity index is 430. The molecule has 0 aliphatic heterocycles. The van der Waals surface area contributed by atoms with Crippen molar-refractivity contribution in [2.45, 2.75) is 25.6 Å². The largest absolute Gasteiger partial charge is 0.479 e. The minimum atomic E-state index is -1.85. The van der Waals surface area contributed by atoms with Gasteiger partial charge in [0.05, 0.1) is 0 Å². The molecule has 1 rings (SSSR count). The standard InChI is InChI=1S/C13H17NO5/c1-13(18,11(15)16)7-8-14-12(17)19-9-10-5-3-2-4-6-10/h2-6,18H,7-9H2,1H3,(H,14,17)(H,15,16). The first-order valence-corrected chi connectivity index (χ1v) is 5.82. The van der Waals surface area contributed by atoms with Crippen LogP contribution in [0.25, 0.3) is 0 Å². The molecule has 0 heterocycles. The molecule has 1 aromatic rings. The number of hydrogen-bond donors (Lipinski definition) is 3. The van der Waals surface area contributed by atoms with Crippen molar-refractivity contribution in [3.05, 3.63) is 35.9 Å². The maximum absolute atomic E-state index is 11.3. The molecule has 0 aliphatic carbocycles. The zero-order chi connectivity index (χ0) is 14.3. The quantitative estimate of drug-likeness (QED) is 0.718. The highest BCUT2D eigenvalue weighted by molar-refractivity contribution is 5.76. The SMILES string of the molecule is CC(O)(CCNC(=O)OCc1ccccc1)C(=O)O. The third kappa shape index (κ3) is 5.39. The third-order valence-corrected chi connectivity index (χ3v) is 2.55. The molecule has 1 amide bonds. The summed E-state index contributed by atoms with van der Waals surface area (Å²) in [6.45, 7) is 1.33. The Morgan fingerprint density at radius 3 is 2.53 bits per heavy atom. The van der Waals surface area contributed by atoms with Crippen LogP contribution < -0.4 is 5.32 Å². The Morgan fingerprint density at radius 2 is 1.95 bits per heavy atom. The number of aliphatic carboxylic acids is 1. The molecule has 6 nitrogen and oxygen atoms in total. The normalized spacial score (nSPS) is 13.4. The van der Waals surface area contributed by atoms with E-state index in [1.165, 1.54) is 6.92 Å². The van der Waals surface area contributed by atoms with Crippen LogP contribution in [0.3, 0.4) is 0 Å². The highest BCUT2D eigenvalue weighted by Crippen LogP contribution is 2.08. The summed E-state index contributed by atoms with van der Waals surface area (Å²) in [7, 11) is 0. The fourth-order valence-electron chi connectivity index (χ4n) is 1.29. The van der Waals surface area contributed by atoms with Crippen molar-refractivity contribution in [1.29, 1.82) is 0 Å². The lowest BCUT2D eigenvalue weighted by Crippen LogP contribution is -2.39. The molecule has 6 heteroatoms. The summed E-state index contributed by atoms with van der Waals surface area (Å²) >= 11 is 0. The zero-order valence-electron chi connectivity index (χ0n) is 10.6. The fourth-order valence-corrected chi connectivity index (χ4v) is 1.29. The summed E-state index contributed by atoms with van der Waals surface area (Å²) < 4.78 is 4.92. The molecular formula is C13H17NO5. The molecule has 0 fully saturated rings. The third-order valence-electron chi connectivity index (χ3n) is 2.55. The van der Waals surface area contributed by atoms with Crippen LogP contribution in [-0.4, -0.2) is 34.4 Å². The Kier molecular flexibility index (Phi) is 5.32. The smallest absolute Gasteiger partial charge is 0.407 e. The van der Waals surface area contributed by atoms with Crippen molar-refractivity contribution in [3.8, 4) is 0 Å². The number of benzene rings is 1. The van der Waals surface area contributed by atoms with E-state index in [9.17, 15) is 14.7 Å². The number of alkyl carbamates (subject to hydrolysis) is 1. The van der Waals surface area contributed by atoms with E-state index in [1.807, 2.05) is 30.3 Å². The van der Waals surface area contributed by atoms with E-state index in [0.717, 1.165) is 5.56 Å². The second-order valence-corrected chi connectivity index (χ2v) is 4.32. The average Bonchev–Trinajstić information content (AvgIpc) is 2.37. The monoisotopic (exact) mass is 267 g/mol. The summed E-state index contributed by atoms with van der Waals surface area (Å²) in [5, 5.41) is 20.5. The molecule has 3 N–H and O–H groups in total. The Morgan fingerprint density at radius 1 is 1.32 bits per heavy atom. The van der Waals surface area contributed by atoms with Gasteiger partial charge in [0.15, 0.2) is 5.60 Å². The summed E-state index contributed by atoms with van der Waals surface area (Å²) in [6.07, 6.45) is -0.743. The number of hydrogen-bond acceptors (Lipinski definition) is 4. The lowest BCUT2D eigenvalue weighted by Gasteiger charge is -2.17. The second-order valence-electron chi connectivity index (χ2n) is 4.32. The van der Waals surface area contributed by atoms with Gasteiger partial charge in [-0.3, -0.25) is 0 Å². The van der Waals surface area contributed by atoms with E-state index in [4.69, 9.17) is 9.84 Å².